The van der Waals surface area contributed by atoms with Gasteiger partial charge in [0.2, 0.25) is 0 Å². The van der Waals surface area contributed by atoms with E-state index < -0.39 is 0 Å². The molecular weight excluding hydrogens is 344 g/mol. The molecule has 1 aromatic carbocycles. The molecule has 2 aromatic heterocycles. The van der Waals surface area contributed by atoms with E-state index in [0.29, 0.717) is 11.3 Å². The molecule has 0 unspecified atom stereocenters. The van der Waals surface area contributed by atoms with E-state index in [0.717, 1.165) is 41.8 Å². The van der Waals surface area contributed by atoms with Crippen LogP contribution in [0.4, 0.5) is 0 Å². The van der Waals surface area contributed by atoms with Gasteiger partial charge >= 0.3 is 0 Å². The molecule has 2 heterocycles. The number of H-pyrrole nitrogens is 1. The van der Waals surface area contributed by atoms with E-state index in [1.54, 1.807) is 10.8 Å². The second-order valence-corrected chi connectivity index (χ2v) is 7.86. The van der Waals surface area contributed by atoms with Crippen molar-refractivity contribution in [3.8, 4) is 11.3 Å². The van der Waals surface area contributed by atoms with Crippen molar-refractivity contribution in [2.24, 2.45) is 0 Å². The first-order valence-electron chi connectivity index (χ1n) is 9.16. The van der Waals surface area contributed by atoms with E-state index in [9.17, 15) is 4.79 Å². The van der Waals surface area contributed by atoms with Gasteiger partial charge in [-0.1, -0.05) is 37.1 Å². The number of nitrogens with zero attached hydrogens (tertiary/aromatic N) is 1. The van der Waals surface area contributed by atoms with Gasteiger partial charge in [0.15, 0.2) is 4.77 Å². The Balaban J connectivity index is 1.78. The summed E-state index contributed by atoms with van der Waals surface area (Å²) in [7, 11) is 0. The summed E-state index contributed by atoms with van der Waals surface area (Å²) in [5.74, 6) is 0.739. The fraction of sp³-hybridized carbons (Fsp3) is 0.333. The van der Waals surface area contributed by atoms with E-state index in [-0.39, 0.29) is 11.0 Å². The van der Waals surface area contributed by atoms with Crippen LogP contribution < -0.4 is 5.56 Å². The highest BCUT2D eigenvalue weighted by Crippen LogP contribution is 2.49. The number of aromatic amines is 1. The largest absolute Gasteiger partial charge is 0.467 e. The average molecular weight is 364 g/mol. The van der Waals surface area contributed by atoms with Gasteiger partial charge in [0.05, 0.1) is 18.5 Å². The molecule has 2 aliphatic carbocycles. The van der Waals surface area contributed by atoms with Gasteiger partial charge in [0, 0.05) is 16.5 Å². The summed E-state index contributed by atoms with van der Waals surface area (Å²) in [6, 6.07) is 12.1. The van der Waals surface area contributed by atoms with E-state index in [1.807, 2.05) is 18.2 Å². The van der Waals surface area contributed by atoms with Crippen molar-refractivity contribution in [2.75, 3.05) is 0 Å². The number of nitrogens with one attached hydrogen (secondary N) is 1. The molecule has 4 nitrogen and oxygen atoms in total. The monoisotopic (exact) mass is 364 g/mol. The number of rotatable bonds is 2. The molecule has 132 valence electrons. The van der Waals surface area contributed by atoms with Crippen LogP contribution >= 0.6 is 12.2 Å². The third-order valence-corrected chi connectivity index (χ3v) is 6.31. The Bertz CT molecular complexity index is 1090. The number of hydrogen-bond donors (Lipinski definition) is 1. The summed E-state index contributed by atoms with van der Waals surface area (Å²) in [5.41, 5.74) is 4.26. The molecule has 2 aliphatic rings. The average Bonchev–Trinajstić information content (AvgIpc) is 3.31. The lowest BCUT2D eigenvalue weighted by molar-refractivity contribution is 0.417. The molecule has 0 bridgehead atoms. The predicted octanol–water partition coefficient (Wildman–Crippen LogP) is 4.58. The van der Waals surface area contributed by atoms with Crippen molar-refractivity contribution >= 4 is 12.2 Å². The Hall–Kier alpha value is -2.40. The van der Waals surface area contributed by atoms with Crippen LogP contribution in [0.15, 0.2) is 51.9 Å². The maximum atomic E-state index is 13.6. The molecule has 1 N–H and O–H groups in total. The summed E-state index contributed by atoms with van der Waals surface area (Å²) in [6.07, 6.45) is 7.05. The Morgan fingerprint density at radius 2 is 1.96 bits per heavy atom. The van der Waals surface area contributed by atoms with Crippen molar-refractivity contribution in [3.63, 3.8) is 0 Å². The van der Waals surface area contributed by atoms with Crippen molar-refractivity contribution in [1.82, 2.24) is 9.55 Å². The van der Waals surface area contributed by atoms with Crippen LogP contribution in [0.2, 0.25) is 0 Å². The molecule has 0 atom stereocenters. The maximum absolute atomic E-state index is 13.6. The predicted molar refractivity (Wildman–Crippen MR) is 103 cm³/mol. The van der Waals surface area contributed by atoms with Gasteiger partial charge in [0.1, 0.15) is 5.76 Å². The van der Waals surface area contributed by atoms with E-state index in [4.69, 9.17) is 16.6 Å². The highest BCUT2D eigenvalue weighted by Gasteiger charge is 2.43. The Kier molecular flexibility index (Phi) is 3.54. The molecule has 1 saturated carbocycles. The molecule has 0 saturated heterocycles. The summed E-state index contributed by atoms with van der Waals surface area (Å²) in [5, 5.41) is 0. The fourth-order valence-corrected chi connectivity index (χ4v) is 5.07. The van der Waals surface area contributed by atoms with Crippen LogP contribution in [-0.4, -0.2) is 9.55 Å². The lowest BCUT2D eigenvalue weighted by atomic mass is 9.68. The Labute approximate surface area is 156 Å². The quantitative estimate of drug-likeness (QED) is 0.677. The zero-order valence-electron chi connectivity index (χ0n) is 14.5. The van der Waals surface area contributed by atoms with Crippen LogP contribution in [0, 0.1) is 4.77 Å². The van der Waals surface area contributed by atoms with Gasteiger partial charge in [-0.15, -0.1) is 0 Å². The van der Waals surface area contributed by atoms with Gasteiger partial charge < -0.3 is 9.40 Å². The summed E-state index contributed by atoms with van der Waals surface area (Å²) in [6.45, 7) is 0.367. The molecule has 0 radical (unpaired) electrons. The topological polar surface area (TPSA) is 50.9 Å². The minimum atomic E-state index is -0.0643. The Morgan fingerprint density at radius 3 is 2.73 bits per heavy atom. The minimum absolute atomic E-state index is 0.0385. The number of benzene rings is 1. The first-order chi connectivity index (χ1) is 12.7. The van der Waals surface area contributed by atoms with Crippen molar-refractivity contribution in [1.29, 1.82) is 0 Å². The second-order valence-electron chi connectivity index (χ2n) is 7.47. The van der Waals surface area contributed by atoms with Crippen LogP contribution in [0.5, 0.6) is 0 Å². The number of aromatic nitrogens is 2. The molecule has 5 heteroatoms. The highest BCUT2D eigenvalue weighted by molar-refractivity contribution is 7.71. The molecular formula is C21H20N2O2S. The van der Waals surface area contributed by atoms with Gasteiger partial charge in [-0.2, -0.15) is 0 Å². The van der Waals surface area contributed by atoms with Gasteiger partial charge in [-0.25, -0.2) is 0 Å². The van der Waals surface area contributed by atoms with Crippen LogP contribution in [0.1, 0.15) is 42.6 Å². The van der Waals surface area contributed by atoms with Gasteiger partial charge in [-0.05, 0) is 49.2 Å². The van der Waals surface area contributed by atoms with E-state index >= 15 is 0 Å². The number of furan rings is 1. The summed E-state index contributed by atoms with van der Waals surface area (Å²) < 4.78 is 7.55. The van der Waals surface area contributed by atoms with Gasteiger partial charge in [-0.3, -0.25) is 9.36 Å². The molecule has 0 amide bonds. The third kappa shape index (κ3) is 2.27. The molecule has 1 spiro atoms. The second kappa shape index (κ2) is 5.81. The summed E-state index contributed by atoms with van der Waals surface area (Å²) in [4.78, 5) is 17.0. The molecule has 3 aromatic rings. The first kappa shape index (κ1) is 15.8. The fourth-order valence-electron chi connectivity index (χ4n) is 4.82. The van der Waals surface area contributed by atoms with E-state index in [2.05, 4.69) is 23.2 Å². The van der Waals surface area contributed by atoms with Gasteiger partial charge in [0.25, 0.3) is 5.56 Å². The van der Waals surface area contributed by atoms with Crippen LogP contribution in [0.3, 0.4) is 0 Å². The molecule has 5 rings (SSSR count). The number of hydrogen-bond acceptors (Lipinski definition) is 3. The lowest BCUT2D eigenvalue weighted by Crippen LogP contribution is -2.40. The van der Waals surface area contributed by atoms with Crippen molar-refractivity contribution in [3.05, 3.63) is 74.7 Å². The zero-order valence-corrected chi connectivity index (χ0v) is 15.3. The zero-order chi connectivity index (χ0) is 17.7. The molecule has 26 heavy (non-hydrogen) atoms. The van der Waals surface area contributed by atoms with Crippen molar-refractivity contribution < 1.29 is 4.42 Å². The molecule has 0 aliphatic heterocycles. The highest BCUT2D eigenvalue weighted by atomic mass is 32.1. The SMILES string of the molecule is O=c1c2c([nH]c(=S)n1Cc1ccco1)-c1ccccc1CC21CCCC1. The molecule has 1 fully saturated rings. The Morgan fingerprint density at radius 1 is 1.15 bits per heavy atom. The maximum Gasteiger partial charge on any atom is 0.259 e. The van der Waals surface area contributed by atoms with E-state index in [1.165, 1.54) is 18.4 Å². The third-order valence-electron chi connectivity index (χ3n) is 5.99. The van der Waals surface area contributed by atoms with Crippen LogP contribution in [-0.2, 0) is 18.4 Å². The standard InChI is InChI=1S/C21H20N2O2S/c24-19-17-18(22-20(26)23(19)13-15-7-5-11-25-15)16-8-2-1-6-14(16)12-21(17)9-3-4-10-21/h1-2,5-8,11H,3-4,9-10,12-13H2,(H,22,26). The first-order valence-corrected chi connectivity index (χ1v) is 9.57. The minimum Gasteiger partial charge on any atom is -0.467 e. The normalized spacial score (nSPS) is 17.2. The summed E-state index contributed by atoms with van der Waals surface area (Å²) >= 11 is 5.56. The van der Waals surface area contributed by atoms with Crippen molar-refractivity contribution in [2.45, 2.75) is 44.1 Å². The lowest BCUT2D eigenvalue weighted by Gasteiger charge is -2.36. The van der Waals surface area contributed by atoms with Crippen LogP contribution in [0.25, 0.3) is 11.3 Å². The smallest absolute Gasteiger partial charge is 0.259 e. The number of fused-ring (bicyclic) bond motifs is 4.